The second-order valence-electron chi connectivity index (χ2n) is 6.37. The molecule has 0 bridgehead atoms. The maximum atomic E-state index is 12.3. The van der Waals surface area contributed by atoms with Crippen molar-refractivity contribution in [3.8, 4) is 17.2 Å². The number of benzene rings is 2. The first-order valence-electron chi connectivity index (χ1n) is 8.65. The van der Waals surface area contributed by atoms with Crippen LogP contribution in [0.2, 0.25) is 0 Å². The number of hydrogen-bond acceptors (Lipinski definition) is 5. The van der Waals surface area contributed by atoms with Crippen molar-refractivity contribution in [2.75, 3.05) is 38.8 Å². The number of methoxy groups -OCH3 is 2. The van der Waals surface area contributed by atoms with Crippen LogP contribution < -0.4 is 19.7 Å². The molecule has 1 fully saturated rings. The fraction of sp³-hybridized carbons (Fsp3) is 0.350. The Morgan fingerprint density at radius 2 is 2.04 bits per heavy atom. The highest BCUT2D eigenvalue weighted by Crippen LogP contribution is 2.31. The molecule has 0 aliphatic carbocycles. The Kier molecular flexibility index (Phi) is 5.51. The third kappa shape index (κ3) is 3.85. The lowest BCUT2D eigenvalue weighted by Crippen LogP contribution is -2.31. The number of phenols is 1. The summed E-state index contributed by atoms with van der Waals surface area (Å²) >= 11 is 0. The molecular weight excluding hydrogens is 332 g/mol. The molecule has 3 rings (SSSR count). The topological polar surface area (TPSA) is 71.0 Å². The number of carbonyl (C=O) groups excluding carboxylic acids is 1. The number of carbonyl (C=O) groups is 1. The highest BCUT2D eigenvalue weighted by atomic mass is 16.5. The molecule has 0 aromatic heterocycles. The van der Waals surface area contributed by atoms with Gasteiger partial charge in [-0.2, -0.15) is 0 Å². The third-order valence-corrected chi connectivity index (χ3v) is 4.71. The van der Waals surface area contributed by atoms with Gasteiger partial charge in [-0.15, -0.1) is 0 Å². The van der Waals surface area contributed by atoms with Crippen molar-refractivity contribution < 1.29 is 19.4 Å². The Hall–Kier alpha value is -2.89. The summed E-state index contributed by atoms with van der Waals surface area (Å²) in [5.74, 6) is 1.37. The van der Waals surface area contributed by atoms with Gasteiger partial charge < -0.3 is 24.8 Å². The number of ether oxygens (including phenoxy) is 2. The Morgan fingerprint density at radius 1 is 1.23 bits per heavy atom. The Labute approximate surface area is 153 Å². The quantitative estimate of drug-likeness (QED) is 0.833. The van der Waals surface area contributed by atoms with Gasteiger partial charge in [-0.1, -0.05) is 12.1 Å². The number of rotatable bonds is 6. The lowest BCUT2D eigenvalue weighted by molar-refractivity contribution is 0.0945. The van der Waals surface area contributed by atoms with E-state index in [0.717, 1.165) is 30.9 Å². The van der Waals surface area contributed by atoms with Crippen molar-refractivity contribution >= 4 is 11.6 Å². The van der Waals surface area contributed by atoms with Crippen molar-refractivity contribution in [1.29, 1.82) is 0 Å². The Bertz CT molecular complexity index is 778. The monoisotopic (exact) mass is 356 g/mol. The van der Waals surface area contributed by atoms with E-state index in [-0.39, 0.29) is 17.2 Å². The van der Waals surface area contributed by atoms with Gasteiger partial charge in [0.1, 0.15) is 17.2 Å². The number of aromatic hydroxyl groups is 1. The second kappa shape index (κ2) is 7.99. The van der Waals surface area contributed by atoms with Crippen LogP contribution >= 0.6 is 0 Å². The van der Waals surface area contributed by atoms with Gasteiger partial charge in [-0.05, 0) is 36.6 Å². The number of amides is 1. The molecule has 26 heavy (non-hydrogen) atoms. The molecule has 1 heterocycles. The first-order valence-corrected chi connectivity index (χ1v) is 8.65. The number of anilines is 1. The summed E-state index contributed by atoms with van der Waals surface area (Å²) in [6.45, 7) is 2.35. The highest BCUT2D eigenvalue weighted by Gasteiger charge is 2.25. The number of nitrogens with zero attached hydrogens (tertiary/aromatic N) is 1. The normalized spacial score (nSPS) is 16.4. The van der Waals surface area contributed by atoms with Crippen molar-refractivity contribution in [2.24, 2.45) is 5.92 Å². The zero-order valence-corrected chi connectivity index (χ0v) is 15.1. The lowest BCUT2D eigenvalue weighted by Gasteiger charge is -2.21. The van der Waals surface area contributed by atoms with Crippen molar-refractivity contribution in [3.05, 3.63) is 48.0 Å². The number of hydrogen-bond donors (Lipinski definition) is 2. The van der Waals surface area contributed by atoms with E-state index >= 15 is 0 Å². The fourth-order valence-electron chi connectivity index (χ4n) is 3.27. The van der Waals surface area contributed by atoms with Gasteiger partial charge in [-0.25, -0.2) is 0 Å². The molecule has 0 spiro atoms. The number of phenolic OH excluding ortho intramolecular Hbond substituents is 1. The summed E-state index contributed by atoms with van der Waals surface area (Å²) in [6, 6.07) is 12.6. The van der Waals surface area contributed by atoms with E-state index in [1.807, 2.05) is 18.2 Å². The van der Waals surface area contributed by atoms with Gasteiger partial charge in [0.25, 0.3) is 5.91 Å². The minimum absolute atomic E-state index is 0.0797. The fourth-order valence-corrected chi connectivity index (χ4v) is 3.27. The van der Waals surface area contributed by atoms with Gasteiger partial charge in [0.15, 0.2) is 0 Å². The van der Waals surface area contributed by atoms with Crippen LogP contribution in [0.1, 0.15) is 16.8 Å². The standard InChI is InChI=1S/C20H24N2O4/c1-25-15-7-8-16(18(23)11-15)20(24)21-12-14-9-10-22(13-14)17-5-3-4-6-19(17)26-2/h3-8,11,14,23H,9-10,12-13H2,1-2H3,(H,21,24)/t14-/m1/s1. The minimum atomic E-state index is -0.277. The average molecular weight is 356 g/mol. The number of nitrogens with one attached hydrogen (secondary N) is 1. The smallest absolute Gasteiger partial charge is 0.255 e. The molecule has 6 nitrogen and oxygen atoms in total. The van der Waals surface area contributed by atoms with E-state index in [1.54, 1.807) is 19.2 Å². The van der Waals surface area contributed by atoms with Crippen molar-refractivity contribution in [1.82, 2.24) is 5.32 Å². The van der Waals surface area contributed by atoms with Crippen LogP contribution in [-0.2, 0) is 0 Å². The van der Waals surface area contributed by atoms with Gasteiger partial charge in [0.2, 0.25) is 0 Å². The van der Waals surface area contributed by atoms with Gasteiger partial charge >= 0.3 is 0 Å². The van der Waals surface area contributed by atoms with E-state index in [4.69, 9.17) is 9.47 Å². The SMILES string of the molecule is COc1ccc(C(=O)NC[C@H]2CCN(c3ccccc3OC)C2)c(O)c1. The molecule has 1 amide bonds. The number of para-hydroxylation sites is 2. The Morgan fingerprint density at radius 3 is 2.77 bits per heavy atom. The van der Waals surface area contributed by atoms with Crippen LogP contribution in [0.15, 0.2) is 42.5 Å². The summed E-state index contributed by atoms with van der Waals surface area (Å²) in [4.78, 5) is 14.6. The molecule has 6 heteroatoms. The molecule has 1 aliphatic rings. The maximum absolute atomic E-state index is 12.3. The van der Waals surface area contributed by atoms with Crippen LogP contribution in [0.3, 0.4) is 0 Å². The lowest BCUT2D eigenvalue weighted by atomic mass is 10.1. The van der Waals surface area contributed by atoms with Crippen molar-refractivity contribution in [2.45, 2.75) is 6.42 Å². The zero-order valence-electron chi connectivity index (χ0n) is 15.1. The van der Waals surface area contributed by atoms with Gasteiger partial charge in [-0.3, -0.25) is 4.79 Å². The molecule has 0 saturated carbocycles. The van der Waals surface area contributed by atoms with Crippen LogP contribution in [-0.4, -0.2) is 44.9 Å². The molecule has 1 atom stereocenters. The van der Waals surface area contributed by atoms with E-state index in [1.165, 1.54) is 13.2 Å². The van der Waals surface area contributed by atoms with Crippen molar-refractivity contribution in [3.63, 3.8) is 0 Å². The predicted octanol–water partition coefficient (Wildman–Crippen LogP) is 2.67. The van der Waals surface area contributed by atoms with E-state index in [0.29, 0.717) is 18.2 Å². The van der Waals surface area contributed by atoms with E-state index in [2.05, 4.69) is 16.3 Å². The maximum Gasteiger partial charge on any atom is 0.255 e. The summed E-state index contributed by atoms with van der Waals surface area (Å²) in [7, 11) is 3.19. The average Bonchev–Trinajstić information content (AvgIpc) is 3.14. The molecule has 2 N–H and O–H groups in total. The third-order valence-electron chi connectivity index (χ3n) is 4.71. The molecule has 2 aromatic carbocycles. The minimum Gasteiger partial charge on any atom is -0.507 e. The molecular formula is C20H24N2O4. The first-order chi connectivity index (χ1) is 12.6. The largest absolute Gasteiger partial charge is 0.507 e. The summed E-state index contributed by atoms with van der Waals surface area (Å²) in [5.41, 5.74) is 1.34. The van der Waals surface area contributed by atoms with Gasteiger partial charge in [0, 0.05) is 25.7 Å². The van der Waals surface area contributed by atoms with Crippen LogP contribution in [0, 0.1) is 5.92 Å². The van der Waals surface area contributed by atoms with Gasteiger partial charge in [0.05, 0.1) is 25.5 Å². The molecule has 1 saturated heterocycles. The first kappa shape index (κ1) is 17.9. The zero-order chi connectivity index (χ0) is 18.5. The summed E-state index contributed by atoms with van der Waals surface area (Å²) in [6.07, 6.45) is 0.993. The molecule has 0 unspecified atom stereocenters. The van der Waals surface area contributed by atoms with E-state index in [9.17, 15) is 9.90 Å². The predicted molar refractivity (Wildman–Crippen MR) is 100 cm³/mol. The van der Waals surface area contributed by atoms with E-state index < -0.39 is 0 Å². The van der Waals surface area contributed by atoms with Crippen LogP contribution in [0.4, 0.5) is 5.69 Å². The second-order valence-corrected chi connectivity index (χ2v) is 6.37. The molecule has 0 radical (unpaired) electrons. The molecule has 2 aromatic rings. The van der Waals surface area contributed by atoms with Crippen LogP contribution in [0.25, 0.3) is 0 Å². The van der Waals surface area contributed by atoms with Crippen LogP contribution in [0.5, 0.6) is 17.2 Å². The summed E-state index contributed by atoms with van der Waals surface area (Å²) < 4.78 is 10.5. The highest BCUT2D eigenvalue weighted by molar-refractivity contribution is 5.97. The molecule has 138 valence electrons. The Balaban J connectivity index is 1.57. The summed E-state index contributed by atoms with van der Waals surface area (Å²) in [5, 5.41) is 12.9. The molecule has 1 aliphatic heterocycles.